The number of benzene rings is 1. The summed E-state index contributed by atoms with van der Waals surface area (Å²) in [6.07, 6.45) is 3.08. The number of pyridine rings is 1. The summed E-state index contributed by atoms with van der Waals surface area (Å²) in [6, 6.07) is 10.8. The lowest BCUT2D eigenvalue weighted by molar-refractivity contribution is 0.0208. The number of fused-ring (bicyclic) bond motifs is 1. The minimum Gasteiger partial charge on any atom is -0.508 e. The fourth-order valence-corrected chi connectivity index (χ4v) is 4.37. The molecule has 0 atom stereocenters. The van der Waals surface area contributed by atoms with E-state index in [1.54, 1.807) is 17.0 Å². The third kappa shape index (κ3) is 2.87. The molecule has 7 nitrogen and oxygen atoms in total. The summed E-state index contributed by atoms with van der Waals surface area (Å²) in [5.74, 6) is 2.12. The van der Waals surface area contributed by atoms with Crippen molar-refractivity contribution in [1.29, 1.82) is 0 Å². The van der Waals surface area contributed by atoms with E-state index < -0.39 is 5.60 Å². The number of aromatic nitrogens is 3. The molecule has 5 rings (SSSR count). The first kappa shape index (κ1) is 17.0. The summed E-state index contributed by atoms with van der Waals surface area (Å²) < 4.78 is 5.84. The number of aromatic hydroxyl groups is 1. The van der Waals surface area contributed by atoms with Gasteiger partial charge in [-0.3, -0.25) is 4.90 Å². The number of carbonyl (C=O) groups excluding carboxylic acids is 1. The molecule has 2 fully saturated rings. The summed E-state index contributed by atoms with van der Waals surface area (Å²) in [5, 5.41) is 9.64. The van der Waals surface area contributed by atoms with Gasteiger partial charge < -0.3 is 14.8 Å². The van der Waals surface area contributed by atoms with Gasteiger partial charge in [-0.2, -0.15) is 0 Å². The second-order valence-corrected chi connectivity index (χ2v) is 7.87. The molecular weight excluding hydrogens is 356 g/mol. The molecule has 0 radical (unpaired) electrons. The molecule has 0 unspecified atom stereocenters. The Balaban J connectivity index is 1.31. The molecule has 7 heteroatoms. The molecule has 2 aromatic heterocycles. The summed E-state index contributed by atoms with van der Waals surface area (Å²) >= 11 is 0. The Morgan fingerprint density at radius 3 is 2.82 bits per heavy atom. The number of nitrogens with zero attached hydrogens (tertiary/aromatic N) is 3. The van der Waals surface area contributed by atoms with Crippen LogP contribution in [-0.4, -0.2) is 38.3 Å². The maximum absolute atomic E-state index is 12.5. The van der Waals surface area contributed by atoms with E-state index >= 15 is 0 Å². The summed E-state index contributed by atoms with van der Waals surface area (Å²) in [7, 11) is 0. The van der Waals surface area contributed by atoms with Crippen LogP contribution in [0.2, 0.25) is 0 Å². The smallest absolute Gasteiger partial charge is 0.416 e. The highest BCUT2D eigenvalue weighted by Gasteiger charge is 2.48. The van der Waals surface area contributed by atoms with Crippen molar-refractivity contribution in [3.05, 3.63) is 47.9 Å². The van der Waals surface area contributed by atoms with Crippen LogP contribution < -0.4 is 4.90 Å². The first-order valence-corrected chi connectivity index (χ1v) is 9.64. The number of anilines is 1. The molecule has 1 aliphatic carbocycles. The number of hydrogen-bond donors (Lipinski definition) is 2. The maximum atomic E-state index is 12.5. The van der Waals surface area contributed by atoms with Gasteiger partial charge in [0, 0.05) is 17.7 Å². The van der Waals surface area contributed by atoms with Gasteiger partial charge in [0.15, 0.2) is 0 Å². The highest BCUT2D eigenvalue weighted by molar-refractivity contribution is 5.89. The number of amides is 1. The quantitative estimate of drug-likeness (QED) is 0.703. The average Bonchev–Trinajstić information content (AvgIpc) is 3.23. The number of hydrogen-bond acceptors (Lipinski definition) is 5. The van der Waals surface area contributed by atoms with E-state index in [1.807, 2.05) is 31.2 Å². The Bertz CT molecular complexity index is 1050. The molecule has 3 heterocycles. The summed E-state index contributed by atoms with van der Waals surface area (Å²) in [6.45, 7) is 2.46. The van der Waals surface area contributed by atoms with Crippen molar-refractivity contribution in [3.63, 3.8) is 0 Å². The molecule has 1 saturated heterocycles. The second-order valence-electron chi connectivity index (χ2n) is 7.87. The lowest BCUT2D eigenvalue weighted by Crippen LogP contribution is -2.38. The van der Waals surface area contributed by atoms with E-state index in [2.05, 4.69) is 15.0 Å². The van der Waals surface area contributed by atoms with Gasteiger partial charge in [-0.25, -0.2) is 14.8 Å². The number of phenols is 1. The van der Waals surface area contributed by atoms with E-state index in [0.717, 1.165) is 48.2 Å². The number of phenolic OH excluding ortho intramolecular Hbond substituents is 1. The molecule has 1 spiro atoms. The van der Waals surface area contributed by atoms with Crippen LogP contribution in [0.15, 0.2) is 36.4 Å². The van der Waals surface area contributed by atoms with E-state index in [-0.39, 0.29) is 11.8 Å². The van der Waals surface area contributed by atoms with E-state index in [4.69, 9.17) is 4.74 Å². The van der Waals surface area contributed by atoms with E-state index in [0.29, 0.717) is 18.3 Å². The molecule has 144 valence electrons. The van der Waals surface area contributed by atoms with Crippen LogP contribution in [0.4, 0.5) is 10.6 Å². The fraction of sp³-hybridized carbons (Fsp3) is 0.381. The van der Waals surface area contributed by atoms with Crippen molar-refractivity contribution >= 4 is 22.9 Å². The fourth-order valence-electron chi connectivity index (χ4n) is 4.37. The number of aryl methyl sites for hydroxylation is 1. The average molecular weight is 378 g/mol. The molecular formula is C21H22N4O3. The van der Waals surface area contributed by atoms with Crippen molar-refractivity contribution < 1.29 is 14.6 Å². The molecule has 3 aromatic rings. The minimum absolute atomic E-state index is 0.230. The third-order valence-corrected chi connectivity index (χ3v) is 5.89. The van der Waals surface area contributed by atoms with Crippen molar-refractivity contribution in [2.45, 2.75) is 44.1 Å². The third-order valence-electron chi connectivity index (χ3n) is 5.89. The van der Waals surface area contributed by atoms with E-state index in [9.17, 15) is 9.90 Å². The number of rotatable bonds is 2. The van der Waals surface area contributed by atoms with Crippen LogP contribution >= 0.6 is 0 Å². The summed E-state index contributed by atoms with van der Waals surface area (Å²) in [4.78, 5) is 26.6. The summed E-state index contributed by atoms with van der Waals surface area (Å²) in [5.41, 5.74) is 2.14. The van der Waals surface area contributed by atoms with E-state index in [1.165, 1.54) is 0 Å². The van der Waals surface area contributed by atoms with Crippen molar-refractivity contribution in [2.24, 2.45) is 0 Å². The van der Waals surface area contributed by atoms with Gasteiger partial charge in [0.25, 0.3) is 0 Å². The zero-order chi connectivity index (χ0) is 19.3. The Kier molecular flexibility index (Phi) is 3.79. The lowest BCUT2D eigenvalue weighted by Gasteiger charge is -2.34. The SMILES string of the molecule is Cc1cccc(N2CC3(CCC(c4nc5ccc(O)cc5[nH]4)CC3)OC2=O)n1. The lowest BCUT2D eigenvalue weighted by atomic mass is 9.78. The Morgan fingerprint density at radius 2 is 2.04 bits per heavy atom. The first-order chi connectivity index (χ1) is 13.5. The number of nitrogens with one attached hydrogen (secondary N) is 1. The highest BCUT2D eigenvalue weighted by Crippen LogP contribution is 2.43. The Labute approximate surface area is 162 Å². The van der Waals surface area contributed by atoms with Crippen LogP contribution in [0.25, 0.3) is 11.0 Å². The van der Waals surface area contributed by atoms with Crippen LogP contribution in [-0.2, 0) is 4.74 Å². The number of imidazole rings is 1. The highest BCUT2D eigenvalue weighted by atomic mass is 16.6. The molecule has 28 heavy (non-hydrogen) atoms. The Morgan fingerprint density at radius 1 is 1.21 bits per heavy atom. The largest absolute Gasteiger partial charge is 0.508 e. The van der Waals surface area contributed by atoms with Crippen LogP contribution in [0.1, 0.15) is 43.1 Å². The van der Waals surface area contributed by atoms with Gasteiger partial charge in [0.1, 0.15) is 23.0 Å². The van der Waals surface area contributed by atoms with Crippen LogP contribution in [0.5, 0.6) is 5.75 Å². The topological polar surface area (TPSA) is 91.3 Å². The molecule has 2 aliphatic rings. The minimum atomic E-state index is -0.441. The number of ether oxygens (including phenoxy) is 1. The van der Waals surface area contributed by atoms with Crippen molar-refractivity contribution in [2.75, 3.05) is 11.4 Å². The molecule has 1 aliphatic heterocycles. The van der Waals surface area contributed by atoms with Gasteiger partial charge in [-0.15, -0.1) is 0 Å². The zero-order valence-electron chi connectivity index (χ0n) is 15.7. The number of H-pyrrole nitrogens is 1. The van der Waals surface area contributed by atoms with Crippen molar-refractivity contribution in [3.8, 4) is 5.75 Å². The molecule has 2 N–H and O–H groups in total. The van der Waals surface area contributed by atoms with Crippen LogP contribution in [0, 0.1) is 6.92 Å². The molecule has 1 aromatic carbocycles. The van der Waals surface area contributed by atoms with Crippen molar-refractivity contribution in [1.82, 2.24) is 15.0 Å². The second kappa shape index (κ2) is 6.22. The van der Waals surface area contributed by atoms with Gasteiger partial charge in [0.05, 0.1) is 17.6 Å². The Hall–Kier alpha value is -3.09. The zero-order valence-corrected chi connectivity index (χ0v) is 15.7. The standard InChI is InChI=1S/C21H22N4O3/c1-13-3-2-4-18(22-13)25-12-21(28-20(25)27)9-7-14(8-10-21)19-23-16-6-5-15(26)11-17(16)24-19/h2-6,11,14,26H,7-10,12H2,1H3,(H,23,24). The predicted molar refractivity (Wildman–Crippen MR) is 104 cm³/mol. The van der Waals surface area contributed by atoms with Gasteiger partial charge in [0.2, 0.25) is 0 Å². The molecule has 1 amide bonds. The normalized spacial score (nSPS) is 24.8. The monoisotopic (exact) mass is 378 g/mol. The maximum Gasteiger partial charge on any atom is 0.416 e. The number of carbonyl (C=O) groups is 1. The van der Waals surface area contributed by atoms with Gasteiger partial charge in [-0.1, -0.05) is 6.07 Å². The van der Waals surface area contributed by atoms with Crippen LogP contribution in [0.3, 0.4) is 0 Å². The predicted octanol–water partition coefficient (Wildman–Crippen LogP) is 4.03. The number of aromatic amines is 1. The molecule has 1 saturated carbocycles. The van der Waals surface area contributed by atoms with Gasteiger partial charge in [-0.05, 0) is 56.9 Å². The van der Waals surface area contributed by atoms with Gasteiger partial charge >= 0.3 is 6.09 Å². The molecule has 0 bridgehead atoms. The first-order valence-electron chi connectivity index (χ1n) is 9.64.